The van der Waals surface area contributed by atoms with Crippen LogP contribution in [0.1, 0.15) is 28.8 Å². The van der Waals surface area contributed by atoms with Crippen LogP contribution >= 0.6 is 0 Å². The molecule has 154 valence electrons. The fourth-order valence-corrected chi connectivity index (χ4v) is 3.27. The standard InChI is InChI=1S/C21H21F3N2O3/c1-29-15-4-2-13(3-5-15)12-18(27)26-10-8-14(9-11-26)25-21(28)16-6-7-17(22)20(24)19(16)23/h2-7,14H,8-12H2,1H3,(H,25,28). The summed E-state index contributed by atoms with van der Waals surface area (Å²) in [4.78, 5) is 26.4. The minimum atomic E-state index is -1.67. The summed E-state index contributed by atoms with van der Waals surface area (Å²) in [6.07, 6.45) is 1.25. The average Bonchev–Trinajstić information content (AvgIpc) is 2.73. The van der Waals surface area contributed by atoms with Crippen molar-refractivity contribution in [3.05, 3.63) is 65.0 Å². The maximum Gasteiger partial charge on any atom is 0.254 e. The topological polar surface area (TPSA) is 58.6 Å². The van der Waals surface area contributed by atoms with Crippen LogP contribution < -0.4 is 10.1 Å². The molecule has 0 aliphatic carbocycles. The number of hydrogen-bond donors (Lipinski definition) is 1. The van der Waals surface area contributed by atoms with Crippen molar-refractivity contribution < 1.29 is 27.5 Å². The van der Waals surface area contributed by atoms with E-state index < -0.39 is 28.9 Å². The lowest BCUT2D eigenvalue weighted by atomic mass is 10.0. The van der Waals surface area contributed by atoms with Gasteiger partial charge in [-0.15, -0.1) is 0 Å². The number of halogens is 3. The lowest BCUT2D eigenvalue weighted by Gasteiger charge is -2.32. The number of hydrogen-bond acceptors (Lipinski definition) is 3. The van der Waals surface area contributed by atoms with Gasteiger partial charge in [-0.3, -0.25) is 9.59 Å². The number of rotatable bonds is 5. The van der Waals surface area contributed by atoms with E-state index in [1.807, 2.05) is 12.1 Å². The van der Waals surface area contributed by atoms with Crippen LogP contribution in [-0.4, -0.2) is 43.0 Å². The summed E-state index contributed by atoms with van der Waals surface area (Å²) in [5.74, 6) is -4.62. The highest BCUT2D eigenvalue weighted by Gasteiger charge is 2.26. The molecule has 0 aromatic heterocycles. The normalized spacial score (nSPS) is 14.6. The number of amides is 2. The van der Waals surface area contributed by atoms with Crippen LogP contribution in [0.4, 0.5) is 13.2 Å². The minimum absolute atomic E-state index is 0.0217. The zero-order valence-electron chi connectivity index (χ0n) is 15.9. The lowest BCUT2D eigenvalue weighted by molar-refractivity contribution is -0.131. The van der Waals surface area contributed by atoms with Crippen molar-refractivity contribution in [3.8, 4) is 5.75 Å². The number of carbonyl (C=O) groups excluding carboxylic acids is 2. The average molecular weight is 406 g/mol. The maximum absolute atomic E-state index is 13.8. The number of nitrogens with one attached hydrogen (secondary N) is 1. The number of benzene rings is 2. The van der Waals surface area contributed by atoms with Crippen LogP contribution in [0.3, 0.4) is 0 Å². The van der Waals surface area contributed by atoms with Crippen molar-refractivity contribution in [2.75, 3.05) is 20.2 Å². The van der Waals surface area contributed by atoms with Gasteiger partial charge in [-0.1, -0.05) is 12.1 Å². The second kappa shape index (κ2) is 8.98. The Hall–Kier alpha value is -3.03. The van der Waals surface area contributed by atoms with Crippen molar-refractivity contribution in [2.24, 2.45) is 0 Å². The largest absolute Gasteiger partial charge is 0.497 e. The predicted octanol–water partition coefficient (Wildman–Crippen LogP) is 3.08. The van der Waals surface area contributed by atoms with Gasteiger partial charge >= 0.3 is 0 Å². The molecule has 29 heavy (non-hydrogen) atoms. The third-order valence-corrected chi connectivity index (χ3v) is 4.98. The maximum atomic E-state index is 13.8. The van der Waals surface area contributed by atoms with E-state index in [4.69, 9.17) is 4.74 Å². The van der Waals surface area contributed by atoms with E-state index in [0.29, 0.717) is 32.0 Å². The first-order chi connectivity index (χ1) is 13.9. The number of likely N-dealkylation sites (tertiary alicyclic amines) is 1. The van der Waals surface area contributed by atoms with E-state index in [2.05, 4.69) is 5.32 Å². The lowest BCUT2D eigenvalue weighted by Crippen LogP contribution is -2.47. The number of ether oxygens (including phenoxy) is 1. The molecule has 1 aliphatic heterocycles. The highest BCUT2D eigenvalue weighted by molar-refractivity contribution is 5.94. The summed E-state index contributed by atoms with van der Waals surface area (Å²) in [7, 11) is 1.57. The van der Waals surface area contributed by atoms with Crippen molar-refractivity contribution in [2.45, 2.75) is 25.3 Å². The van der Waals surface area contributed by atoms with Crippen molar-refractivity contribution in [1.29, 1.82) is 0 Å². The van der Waals surface area contributed by atoms with E-state index in [0.717, 1.165) is 17.4 Å². The third-order valence-electron chi connectivity index (χ3n) is 4.98. The van der Waals surface area contributed by atoms with Gasteiger partial charge in [-0.05, 0) is 42.7 Å². The van der Waals surface area contributed by atoms with E-state index in [1.165, 1.54) is 0 Å². The number of nitrogens with zero attached hydrogens (tertiary/aromatic N) is 1. The second-order valence-electron chi connectivity index (χ2n) is 6.88. The van der Waals surface area contributed by atoms with E-state index in [-0.39, 0.29) is 18.4 Å². The molecule has 2 aromatic carbocycles. The fourth-order valence-electron chi connectivity index (χ4n) is 3.27. The smallest absolute Gasteiger partial charge is 0.254 e. The molecular weight excluding hydrogens is 385 g/mol. The molecule has 0 saturated carbocycles. The molecule has 2 aromatic rings. The van der Waals surface area contributed by atoms with Gasteiger partial charge in [0.25, 0.3) is 5.91 Å². The zero-order valence-corrected chi connectivity index (χ0v) is 15.9. The quantitative estimate of drug-likeness (QED) is 0.777. The van der Waals surface area contributed by atoms with E-state index in [9.17, 15) is 22.8 Å². The van der Waals surface area contributed by atoms with Crippen molar-refractivity contribution >= 4 is 11.8 Å². The van der Waals surface area contributed by atoms with Gasteiger partial charge in [0.1, 0.15) is 5.75 Å². The Morgan fingerprint density at radius 3 is 2.31 bits per heavy atom. The highest BCUT2D eigenvalue weighted by Crippen LogP contribution is 2.18. The molecule has 8 heteroatoms. The number of methoxy groups -OCH3 is 1. The predicted molar refractivity (Wildman–Crippen MR) is 100 cm³/mol. The molecule has 2 amide bonds. The molecule has 1 heterocycles. The summed E-state index contributed by atoms with van der Waals surface area (Å²) < 4.78 is 45.2. The Balaban J connectivity index is 1.51. The van der Waals surface area contributed by atoms with Gasteiger partial charge in [0.05, 0.1) is 19.1 Å². The Labute approximate surface area is 166 Å². The summed E-state index contributed by atoms with van der Waals surface area (Å²) >= 11 is 0. The first-order valence-electron chi connectivity index (χ1n) is 9.24. The Morgan fingerprint density at radius 2 is 1.69 bits per heavy atom. The summed E-state index contributed by atoms with van der Waals surface area (Å²) in [5.41, 5.74) is 0.335. The second-order valence-corrected chi connectivity index (χ2v) is 6.88. The summed E-state index contributed by atoms with van der Waals surface area (Å²) in [6.45, 7) is 0.889. The molecular formula is C21H21F3N2O3. The zero-order chi connectivity index (χ0) is 21.0. The number of carbonyl (C=O) groups is 2. The summed E-state index contributed by atoms with van der Waals surface area (Å²) in [5, 5.41) is 2.62. The van der Waals surface area contributed by atoms with Crippen LogP contribution in [0.25, 0.3) is 0 Å². The Morgan fingerprint density at radius 1 is 1.03 bits per heavy atom. The van der Waals surface area contributed by atoms with Gasteiger partial charge in [-0.2, -0.15) is 0 Å². The molecule has 0 radical (unpaired) electrons. The molecule has 0 spiro atoms. The molecule has 0 atom stereocenters. The molecule has 5 nitrogen and oxygen atoms in total. The van der Waals surface area contributed by atoms with E-state index >= 15 is 0 Å². The SMILES string of the molecule is COc1ccc(CC(=O)N2CCC(NC(=O)c3ccc(F)c(F)c3F)CC2)cc1. The number of piperidine rings is 1. The van der Waals surface area contributed by atoms with Crippen LogP contribution in [0.2, 0.25) is 0 Å². The van der Waals surface area contributed by atoms with E-state index in [1.54, 1.807) is 24.1 Å². The highest BCUT2D eigenvalue weighted by atomic mass is 19.2. The Bertz CT molecular complexity index is 895. The van der Waals surface area contributed by atoms with Gasteiger partial charge < -0.3 is 15.0 Å². The molecule has 1 fully saturated rings. The van der Waals surface area contributed by atoms with Crippen LogP contribution in [0, 0.1) is 17.5 Å². The molecule has 3 rings (SSSR count). The van der Waals surface area contributed by atoms with Gasteiger partial charge in [-0.25, -0.2) is 13.2 Å². The first-order valence-corrected chi connectivity index (χ1v) is 9.24. The van der Waals surface area contributed by atoms with Crippen LogP contribution in [0.15, 0.2) is 36.4 Å². The minimum Gasteiger partial charge on any atom is -0.497 e. The summed E-state index contributed by atoms with van der Waals surface area (Å²) in [6, 6.07) is 8.61. The fraction of sp³-hybridized carbons (Fsp3) is 0.333. The monoisotopic (exact) mass is 406 g/mol. The Kier molecular flexibility index (Phi) is 6.41. The van der Waals surface area contributed by atoms with Crippen LogP contribution in [-0.2, 0) is 11.2 Å². The molecule has 1 N–H and O–H groups in total. The van der Waals surface area contributed by atoms with Gasteiger partial charge in [0, 0.05) is 19.1 Å². The molecule has 1 aliphatic rings. The van der Waals surface area contributed by atoms with Crippen LogP contribution in [0.5, 0.6) is 5.75 Å². The van der Waals surface area contributed by atoms with Gasteiger partial charge in [0.15, 0.2) is 17.5 Å². The first kappa shape index (κ1) is 20.7. The third kappa shape index (κ3) is 4.88. The molecule has 0 bridgehead atoms. The van der Waals surface area contributed by atoms with Crippen molar-refractivity contribution in [1.82, 2.24) is 10.2 Å². The van der Waals surface area contributed by atoms with Crippen molar-refractivity contribution in [3.63, 3.8) is 0 Å². The molecule has 0 unspecified atom stereocenters. The van der Waals surface area contributed by atoms with Gasteiger partial charge in [0.2, 0.25) is 5.91 Å². The molecule has 1 saturated heterocycles.